The zero-order valence-electron chi connectivity index (χ0n) is 10.6. The van der Waals surface area contributed by atoms with E-state index in [1.807, 2.05) is 6.92 Å². The highest BCUT2D eigenvalue weighted by molar-refractivity contribution is 7.98. The van der Waals surface area contributed by atoms with Crippen molar-refractivity contribution in [2.24, 2.45) is 0 Å². The highest BCUT2D eigenvalue weighted by Crippen LogP contribution is 2.20. The molecule has 0 bridgehead atoms. The molecule has 5 heteroatoms. The number of benzene rings is 1. The zero-order chi connectivity index (χ0) is 13.5. The predicted molar refractivity (Wildman–Crippen MR) is 71.4 cm³/mol. The fourth-order valence-electron chi connectivity index (χ4n) is 1.58. The van der Waals surface area contributed by atoms with Gasteiger partial charge < -0.3 is 10.4 Å². The molecule has 0 aliphatic rings. The van der Waals surface area contributed by atoms with E-state index in [1.165, 1.54) is 23.9 Å². The first-order valence-corrected chi connectivity index (χ1v) is 7.06. The van der Waals surface area contributed by atoms with Crippen LogP contribution in [-0.4, -0.2) is 29.9 Å². The van der Waals surface area contributed by atoms with Crippen LogP contribution in [0, 0.1) is 5.82 Å². The van der Waals surface area contributed by atoms with E-state index < -0.39 is 0 Å². The first-order chi connectivity index (χ1) is 8.58. The number of thioether (sulfide) groups is 1. The van der Waals surface area contributed by atoms with Gasteiger partial charge in [0.25, 0.3) is 5.91 Å². The third kappa shape index (κ3) is 4.31. The van der Waals surface area contributed by atoms with Gasteiger partial charge in [-0.3, -0.25) is 4.79 Å². The van der Waals surface area contributed by atoms with Gasteiger partial charge in [-0.15, -0.1) is 11.8 Å². The van der Waals surface area contributed by atoms with E-state index in [0.29, 0.717) is 16.9 Å². The number of carbonyl (C=O) groups excluding carboxylic acids is 1. The fraction of sp³-hybridized carbons (Fsp3) is 0.462. The maximum atomic E-state index is 13.3. The minimum Gasteiger partial charge on any atom is -0.396 e. The fourth-order valence-corrected chi connectivity index (χ4v) is 2.09. The van der Waals surface area contributed by atoms with E-state index in [2.05, 4.69) is 5.32 Å². The summed E-state index contributed by atoms with van der Waals surface area (Å²) in [5.41, 5.74) is 0.455. The Kier molecular flexibility index (Phi) is 6.15. The molecule has 0 saturated carbocycles. The molecule has 0 aliphatic heterocycles. The van der Waals surface area contributed by atoms with Crippen LogP contribution in [0.2, 0.25) is 0 Å². The molecule has 0 saturated heterocycles. The van der Waals surface area contributed by atoms with Gasteiger partial charge >= 0.3 is 0 Å². The summed E-state index contributed by atoms with van der Waals surface area (Å²) in [5, 5.41) is 11.5. The van der Waals surface area contributed by atoms with Crippen LogP contribution in [0.5, 0.6) is 0 Å². The van der Waals surface area contributed by atoms with Gasteiger partial charge in [-0.25, -0.2) is 4.39 Å². The Morgan fingerprint density at radius 3 is 2.89 bits per heavy atom. The Hall–Kier alpha value is -1.07. The number of hydrogen-bond acceptors (Lipinski definition) is 3. The molecule has 1 amide bonds. The number of carbonyl (C=O) groups is 1. The normalized spacial score (nSPS) is 12.2. The summed E-state index contributed by atoms with van der Waals surface area (Å²) in [6.45, 7) is 2.00. The van der Waals surface area contributed by atoms with Crippen molar-refractivity contribution in [3.8, 4) is 0 Å². The molecule has 1 unspecified atom stereocenters. The van der Waals surface area contributed by atoms with Gasteiger partial charge in [0.1, 0.15) is 5.82 Å². The van der Waals surface area contributed by atoms with Crippen LogP contribution in [-0.2, 0) is 0 Å². The number of amides is 1. The van der Waals surface area contributed by atoms with Gasteiger partial charge in [-0.1, -0.05) is 0 Å². The summed E-state index contributed by atoms with van der Waals surface area (Å²) in [7, 11) is 0. The van der Waals surface area contributed by atoms with Gasteiger partial charge in [0, 0.05) is 23.1 Å². The van der Waals surface area contributed by atoms with E-state index in [-0.39, 0.29) is 24.4 Å². The smallest absolute Gasteiger partial charge is 0.251 e. The van der Waals surface area contributed by atoms with Crippen LogP contribution < -0.4 is 5.32 Å². The molecule has 0 aliphatic carbocycles. The molecule has 1 aromatic rings. The molecule has 1 atom stereocenters. The predicted octanol–water partition coefficient (Wildman–Crippen LogP) is 2.44. The van der Waals surface area contributed by atoms with Crippen LogP contribution in [0.15, 0.2) is 23.1 Å². The lowest BCUT2D eigenvalue weighted by Gasteiger charge is -2.13. The van der Waals surface area contributed by atoms with Gasteiger partial charge in [0.2, 0.25) is 0 Å². The number of halogens is 1. The van der Waals surface area contributed by atoms with Gasteiger partial charge in [-0.2, -0.15) is 0 Å². The van der Waals surface area contributed by atoms with Gasteiger partial charge in [0.05, 0.1) is 0 Å². The van der Waals surface area contributed by atoms with Crippen molar-refractivity contribution in [1.29, 1.82) is 0 Å². The summed E-state index contributed by atoms with van der Waals surface area (Å²) < 4.78 is 13.3. The molecule has 0 radical (unpaired) electrons. The molecule has 0 heterocycles. The van der Waals surface area contributed by atoms with Crippen LogP contribution in [0.25, 0.3) is 0 Å². The number of aliphatic hydroxyl groups excluding tert-OH is 1. The van der Waals surface area contributed by atoms with Crippen molar-refractivity contribution in [2.75, 3.05) is 12.9 Å². The largest absolute Gasteiger partial charge is 0.396 e. The monoisotopic (exact) mass is 271 g/mol. The number of rotatable bonds is 6. The van der Waals surface area contributed by atoms with Gasteiger partial charge in [-0.05, 0) is 44.2 Å². The molecule has 2 N–H and O–H groups in total. The molecule has 0 spiro atoms. The first kappa shape index (κ1) is 15.0. The van der Waals surface area contributed by atoms with Crippen molar-refractivity contribution in [2.45, 2.75) is 30.7 Å². The molecule has 1 rings (SSSR count). The molecule has 18 heavy (non-hydrogen) atoms. The maximum Gasteiger partial charge on any atom is 0.251 e. The Morgan fingerprint density at radius 1 is 1.56 bits per heavy atom. The minimum atomic E-state index is -0.313. The van der Waals surface area contributed by atoms with E-state index in [4.69, 9.17) is 5.11 Å². The zero-order valence-corrected chi connectivity index (χ0v) is 11.4. The topological polar surface area (TPSA) is 49.3 Å². The van der Waals surface area contributed by atoms with Crippen molar-refractivity contribution >= 4 is 17.7 Å². The lowest BCUT2D eigenvalue weighted by Crippen LogP contribution is -2.32. The molecular weight excluding hydrogens is 253 g/mol. The summed E-state index contributed by atoms with van der Waals surface area (Å²) in [4.78, 5) is 12.4. The van der Waals surface area contributed by atoms with Crippen molar-refractivity contribution in [3.05, 3.63) is 29.6 Å². The summed E-state index contributed by atoms with van der Waals surface area (Å²) in [6, 6.07) is 4.32. The summed E-state index contributed by atoms with van der Waals surface area (Å²) in [5.74, 6) is -0.525. The molecule has 0 aromatic heterocycles. The molecular formula is C13H18FNO2S. The maximum absolute atomic E-state index is 13.3. The Bertz CT molecular complexity index is 412. The molecule has 0 fully saturated rings. The first-order valence-electron chi connectivity index (χ1n) is 5.83. The molecule has 1 aromatic carbocycles. The van der Waals surface area contributed by atoms with Crippen LogP contribution in [0.4, 0.5) is 4.39 Å². The Morgan fingerprint density at radius 2 is 2.28 bits per heavy atom. The average molecular weight is 271 g/mol. The van der Waals surface area contributed by atoms with Gasteiger partial charge in [0.15, 0.2) is 0 Å². The highest BCUT2D eigenvalue weighted by Gasteiger charge is 2.11. The highest BCUT2D eigenvalue weighted by atomic mass is 32.2. The molecule has 100 valence electrons. The van der Waals surface area contributed by atoms with Crippen LogP contribution in [0.3, 0.4) is 0 Å². The second-order valence-electron chi connectivity index (χ2n) is 4.09. The second kappa shape index (κ2) is 7.38. The standard InChI is InChI=1S/C13H18FNO2S/c1-9(4-3-7-16)15-13(17)10-5-6-11(14)12(8-10)18-2/h5-6,8-9,16H,3-4,7H2,1-2H3,(H,15,17). The average Bonchev–Trinajstić information content (AvgIpc) is 2.36. The lowest BCUT2D eigenvalue weighted by molar-refractivity contribution is 0.0936. The third-order valence-electron chi connectivity index (χ3n) is 2.59. The van der Waals surface area contributed by atoms with Crippen LogP contribution >= 0.6 is 11.8 Å². The van der Waals surface area contributed by atoms with Crippen molar-refractivity contribution in [3.63, 3.8) is 0 Å². The quantitative estimate of drug-likeness (QED) is 0.781. The van der Waals surface area contributed by atoms with E-state index in [0.717, 1.165) is 6.42 Å². The number of nitrogens with one attached hydrogen (secondary N) is 1. The summed E-state index contributed by atoms with van der Waals surface area (Å²) >= 11 is 1.27. The lowest BCUT2D eigenvalue weighted by atomic mass is 10.1. The SMILES string of the molecule is CSc1cc(C(=O)NC(C)CCCO)ccc1F. The molecule has 3 nitrogen and oxygen atoms in total. The second-order valence-corrected chi connectivity index (χ2v) is 4.94. The van der Waals surface area contributed by atoms with Crippen molar-refractivity contribution in [1.82, 2.24) is 5.32 Å². The summed E-state index contributed by atoms with van der Waals surface area (Å²) in [6.07, 6.45) is 3.14. The van der Waals surface area contributed by atoms with Crippen molar-refractivity contribution < 1.29 is 14.3 Å². The van der Waals surface area contributed by atoms with Crippen LogP contribution in [0.1, 0.15) is 30.1 Å². The minimum absolute atomic E-state index is 0.00701. The Balaban J connectivity index is 2.66. The Labute approximate surface area is 111 Å². The van der Waals surface area contributed by atoms with E-state index >= 15 is 0 Å². The number of hydrogen-bond donors (Lipinski definition) is 2. The van der Waals surface area contributed by atoms with E-state index in [9.17, 15) is 9.18 Å². The third-order valence-corrected chi connectivity index (χ3v) is 3.34. The number of aliphatic hydroxyl groups is 1. The van der Waals surface area contributed by atoms with E-state index in [1.54, 1.807) is 12.3 Å².